The highest BCUT2D eigenvalue weighted by Gasteiger charge is 2.22. The van der Waals surface area contributed by atoms with Crippen molar-refractivity contribution >= 4 is 11.6 Å². The second kappa shape index (κ2) is 8.11. The zero-order valence-electron chi connectivity index (χ0n) is 11.6. The van der Waals surface area contributed by atoms with Crippen molar-refractivity contribution in [2.45, 2.75) is 13.3 Å². The van der Waals surface area contributed by atoms with Crippen LogP contribution in [-0.2, 0) is 0 Å². The zero-order valence-corrected chi connectivity index (χ0v) is 11.6. The van der Waals surface area contributed by atoms with E-state index in [1.807, 2.05) is 7.05 Å². The molecule has 1 aromatic carbocycles. The lowest BCUT2D eigenvalue weighted by molar-refractivity contribution is -0.385. The minimum Gasteiger partial charge on any atom is -0.487 e. The van der Waals surface area contributed by atoms with Crippen LogP contribution in [0, 0.1) is 10.1 Å². The quantitative estimate of drug-likeness (QED) is 0.426. The van der Waals surface area contributed by atoms with Gasteiger partial charge >= 0.3 is 5.69 Å². The minimum atomic E-state index is -0.553. The van der Waals surface area contributed by atoms with E-state index in [1.54, 1.807) is 6.92 Å². The van der Waals surface area contributed by atoms with Crippen molar-refractivity contribution in [3.05, 3.63) is 33.9 Å². The fourth-order valence-corrected chi connectivity index (χ4v) is 1.71. The molecule has 0 aromatic heterocycles. The Kier molecular flexibility index (Phi) is 6.45. The maximum atomic E-state index is 12.0. The standard InChI is InChI=1S/C13H19N3O4/c1-3-20-12-10(6-4-7-11(12)16(18)19)13(17)15-9-5-8-14-2/h4,6-7,14H,3,5,8-9H2,1-2H3,(H,15,17). The van der Waals surface area contributed by atoms with Crippen molar-refractivity contribution in [2.24, 2.45) is 0 Å². The Balaban J connectivity index is 2.89. The van der Waals surface area contributed by atoms with E-state index in [0.29, 0.717) is 6.54 Å². The van der Waals surface area contributed by atoms with Crippen LogP contribution in [0.15, 0.2) is 18.2 Å². The van der Waals surface area contributed by atoms with Gasteiger partial charge in [-0.15, -0.1) is 0 Å². The SMILES string of the molecule is CCOc1c(C(=O)NCCCNC)cccc1[N+](=O)[O-]. The van der Waals surface area contributed by atoms with E-state index in [4.69, 9.17) is 4.74 Å². The van der Waals surface area contributed by atoms with Crippen LogP contribution in [0.25, 0.3) is 0 Å². The summed E-state index contributed by atoms with van der Waals surface area (Å²) in [4.78, 5) is 22.4. The number of nitro groups is 1. The number of para-hydroxylation sites is 1. The van der Waals surface area contributed by atoms with Crippen LogP contribution < -0.4 is 15.4 Å². The lowest BCUT2D eigenvalue weighted by Gasteiger charge is -2.10. The van der Waals surface area contributed by atoms with Crippen LogP contribution in [0.5, 0.6) is 5.75 Å². The molecule has 0 aliphatic rings. The third-order valence-corrected chi connectivity index (χ3v) is 2.61. The Morgan fingerprint density at radius 1 is 1.40 bits per heavy atom. The molecular weight excluding hydrogens is 262 g/mol. The maximum Gasteiger partial charge on any atom is 0.311 e. The lowest BCUT2D eigenvalue weighted by Crippen LogP contribution is -2.27. The van der Waals surface area contributed by atoms with E-state index >= 15 is 0 Å². The largest absolute Gasteiger partial charge is 0.487 e. The summed E-state index contributed by atoms with van der Waals surface area (Å²) in [6.45, 7) is 3.25. The third kappa shape index (κ3) is 4.20. The molecule has 1 rings (SSSR count). The van der Waals surface area contributed by atoms with Gasteiger partial charge in [0.25, 0.3) is 5.91 Å². The predicted octanol–water partition coefficient (Wildman–Crippen LogP) is 1.33. The lowest BCUT2D eigenvalue weighted by atomic mass is 10.1. The number of hydrogen-bond acceptors (Lipinski definition) is 5. The average Bonchev–Trinajstić information content (AvgIpc) is 2.43. The van der Waals surface area contributed by atoms with Gasteiger partial charge in [0, 0.05) is 12.6 Å². The molecule has 1 amide bonds. The molecule has 0 bridgehead atoms. The highest BCUT2D eigenvalue weighted by molar-refractivity contribution is 5.98. The molecule has 0 unspecified atom stereocenters. The van der Waals surface area contributed by atoms with Crippen LogP contribution in [0.1, 0.15) is 23.7 Å². The molecule has 0 saturated heterocycles. The molecule has 20 heavy (non-hydrogen) atoms. The van der Waals surface area contributed by atoms with Gasteiger partial charge in [0.05, 0.1) is 17.1 Å². The molecule has 0 saturated carbocycles. The molecule has 0 fully saturated rings. The molecule has 0 aliphatic heterocycles. The van der Waals surface area contributed by atoms with Gasteiger partial charge in [0.1, 0.15) is 0 Å². The van der Waals surface area contributed by atoms with E-state index in [0.717, 1.165) is 13.0 Å². The Bertz CT molecular complexity index is 477. The topological polar surface area (TPSA) is 93.5 Å². The Morgan fingerprint density at radius 3 is 2.75 bits per heavy atom. The molecule has 0 aliphatic carbocycles. The van der Waals surface area contributed by atoms with Gasteiger partial charge < -0.3 is 15.4 Å². The highest BCUT2D eigenvalue weighted by atomic mass is 16.6. The number of nitro benzene ring substituents is 1. The second-order valence-electron chi connectivity index (χ2n) is 4.06. The van der Waals surface area contributed by atoms with Crippen molar-refractivity contribution < 1.29 is 14.5 Å². The van der Waals surface area contributed by atoms with Crippen LogP contribution in [0.3, 0.4) is 0 Å². The van der Waals surface area contributed by atoms with Crippen LogP contribution in [0.2, 0.25) is 0 Å². The molecule has 0 heterocycles. The first-order chi connectivity index (χ1) is 9.61. The zero-order chi connectivity index (χ0) is 15.0. The average molecular weight is 281 g/mol. The second-order valence-corrected chi connectivity index (χ2v) is 4.06. The van der Waals surface area contributed by atoms with E-state index in [9.17, 15) is 14.9 Å². The molecule has 7 heteroatoms. The molecule has 0 atom stereocenters. The van der Waals surface area contributed by atoms with Crippen molar-refractivity contribution in [1.29, 1.82) is 0 Å². The first-order valence-corrected chi connectivity index (χ1v) is 6.44. The number of ether oxygens (including phenoxy) is 1. The number of hydrogen-bond donors (Lipinski definition) is 2. The van der Waals surface area contributed by atoms with Gasteiger partial charge in [-0.2, -0.15) is 0 Å². The fraction of sp³-hybridized carbons (Fsp3) is 0.462. The van der Waals surface area contributed by atoms with Gasteiger partial charge in [-0.3, -0.25) is 14.9 Å². The van der Waals surface area contributed by atoms with E-state index in [-0.39, 0.29) is 29.5 Å². The summed E-state index contributed by atoms with van der Waals surface area (Å²) < 4.78 is 5.26. The first kappa shape index (κ1) is 15.9. The molecule has 7 nitrogen and oxygen atoms in total. The maximum absolute atomic E-state index is 12.0. The van der Waals surface area contributed by atoms with E-state index < -0.39 is 4.92 Å². The molecule has 1 aromatic rings. The molecule has 110 valence electrons. The number of rotatable bonds is 8. The van der Waals surface area contributed by atoms with E-state index in [1.165, 1.54) is 18.2 Å². The summed E-state index contributed by atoms with van der Waals surface area (Å²) >= 11 is 0. The highest BCUT2D eigenvalue weighted by Crippen LogP contribution is 2.30. The van der Waals surface area contributed by atoms with Crippen LogP contribution in [0.4, 0.5) is 5.69 Å². The molecule has 0 spiro atoms. The van der Waals surface area contributed by atoms with Gasteiger partial charge in [0.15, 0.2) is 0 Å². The molecular formula is C13H19N3O4. The number of nitrogens with one attached hydrogen (secondary N) is 2. The molecule has 0 radical (unpaired) electrons. The normalized spacial score (nSPS) is 10.1. The summed E-state index contributed by atoms with van der Waals surface area (Å²) in [5.41, 5.74) is -0.0137. The predicted molar refractivity (Wildman–Crippen MR) is 75.1 cm³/mol. The summed E-state index contributed by atoms with van der Waals surface area (Å²) in [6.07, 6.45) is 0.779. The first-order valence-electron chi connectivity index (χ1n) is 6.44. The van der Waals surface area contributed by atoms with Gasteiger partial charge in [-0.1, -0.05) is 6.07 Å². The van der Waals surface area contributed by atoms with Crippen molar-refractivity contribution in [2.75, 3.05) is 26.7 Å². The Morgan fingerprint density at radius 2 is 2.15 bits per heavy atom. The van der Waals surface area contributed by atoms with Crippen LogP contribution >= 0.6 is 0 Å². The number of carbonyl (C=O) groups excluding carboxylic acids is 1. The monoisotopic (exact) mass is 281 g/mol. The van der Waals surface area contributed by atoms with Gasteiger partial charge in [-0.25, -0.2) is 0 Å². The van der Waals surface area contributed by atoms with Crippen molar-refractivity contribution in [1.82, 2.24) is 10.6 Å². The van der Waals surface area contributed by atoms with Crippen molar-refractivity contribution in [3.8, 4) is 5.75 Å². The number of nitrogens with zero attached hydrogens (tertiary/aromatic N) is 1. The summed E-state index contributed by atoms with van der Waals surface area (Å²) in [6, 6.07) is 4.32. The smallest absolute Gasteiger partial charge is 0.311 e. The Hall–Kier alpha value is -2.15. The summed E-state index contributed by atoms with van der Waals surface area (Å²) in [5.74, 6) is -0.348. The van der Waals surface area contributed by atoms with Gasteiger partial charge in [-0.05, 0) is 33.0 Å². The van der Waals surface area contributed by atoms with Gasteiger partial charge in [0.2, 0.25) is 5.75 Å². The number of benzene rings is 1. The van der Waals surface area contributed by atoms with E-state index in [2.05, 4.69) is 10.6 Å². The summed E-state index contributed by atoms with van der Waals surface area (Å²) in [5, 5.41) is 16.6. The third-order valence-electron chi connectivity index (χ3n) is 2.61. The Labute approximate surface area is 117 Å². The summed E-state index contributed by atoms with van der Waals surface area (Å²) in [7, 11) is 1.83. The fourth-order valence-electron chi connectivity index (χ4n) is 1.71. The minimum absolute atomic E-state index is 0.0196. The molecule has 2 N–H and O–H groups in total. The number of carbonyl (C=O) groups is 1. The number of amides is 1. The van der Waals surface area contributed by atoms with Crippen molar-refractivity contribution in [3.63, 3.8) is 0 Å². The van der Waals surface area contributed by atoms with Crippen LogP contribution in [-0.4, -0.2) is 37.6 Å².